The number of hydrogen-bond donors (Lipinski definition) is 2. The van der Waals surface area contributed by atoms with Gasteiger partial charge in [-0.05, 0) is 24.3 Å². The van der Waals surface area contributed by atoms with Crippen molar-refractivity contribution in [1.82, 2.24) is 0 Å². The number of anilines is 1. The summed E-state index contributed by atoms with van der Waals surface area (Å²) in [4.78, 5) is 16.3. The number of benzodiazepines with no additional fused rings is 1. The van der Waals surface area contributed by atoms with E-state index in [0.29, 0.717) is 21.5 Å². The van der Waals surface area contributed by atoms with Gasteiger partial charge in [0.15, 0.2) is 0 Å². The van der Waals surface area contributed by atoms with Crippen molar-refractivity contribution < 1.29 is 9.53 Å². The Hall–Kier alpha value is -2.34. The number of esters is 1. The second-order valence-corrected chi connectivity index (χ2v) is 6.10. The van der Waals surface area contributed by atoms with Crippen molar-refractivity contribution in [2.45, 2.75) is 0 Å². The molecule has 0 radical (unpaired) electrons. The van der Waals surface area contributed by atoms with Gasteiger partial charge in [0.05, 0.1) is 12.3 Å². The molecule has 1 heterocycles. The molecule has 0 bridgehead atoms. The number of carbonyl (C=O) groups is 1. The summed E-state index contributed by atoms with van der Waals surface area (Å²) in [7, 11) is 0. The molecule has 3 N–H and O–H groups in total. The number of fused-ring (bicyclic) bond motifs is 1. The van der Waals surface area contributed by atoms with Gasteiger partial charge in [-0.3, -0.25) is 10.7 Å². The van der Waals surface area contributed by atoms with Crippen LogP contribution in [-0.2, 0) is 9.53 Å². The van der Waals surface area contributed by atoms with Gasteiger partial charge in [-0.15, -0.1) is 0 Å². The van der Waals surface area contributed by atoms with Crippen molar-refractivity contribution >= 4 is 40.6 Å². The number of carbonyl (C=O) groups excluding carboxylic acids is 1. The molecular formula is C18H15Cl2N3O2. The van der Waals surface area contributed by atoms with Gasteiger partial charge in [0, 0.05) is 38.6 Å². The minimum absolute atomic E-state index is 0.178. The van der Waals surface area contributed by atoms with Gasteiger partial charge in [-0.25, -0.2) is 4.79 Å². The van der Waals surface area contributed by atoms with Gasteiger partial charge in [-0.1, -0.05) is 41.4 Å². The summed E-state index contributed by atoms with van der Waals surface area (Å²) in [6.07, 6.45) is 1.34. The van der Waals surface area contributed by atoms with Crippen LogP contribution in [0.1, 0.15) is 11.1 Å². The quantitative estimate of drug-likeness (QED) is 0.488. The summed E-state index contributed by atoms with van der Waals surface area (Å²) >= 11 is 12.5. The maximum absolute atomic E-state index is 11.7. The minimum Gasteiger partial charge on any atom is -0.447 e. The Bertz CT molecular complexity index is 878. The Kier molecular flexibility index (Phi) is 5.38. The van der Waals surface area contributed by atoms with Gasteiger partial charge in [0.25, 0.3) is 0 Å². The average molecular weight is 376 g/mol. The lowest BCUT2D eigenvalue weighted by Crippen LogP contribution is -2.12. The molecule has 2 aromatic rings. The highest BCUT2D eigenvalue weighted by Gasteiger charge is 2.19. The molecule has 7 heteroatoms. The lowest BCUT2D eigenvalue weighted by atomic mass is 10.0. The topological polar surface area (TPSA) is 76.7 Å². The molecule has 0 unspecified atom stereocenters. The lowest BCUT2D eigenvalue weighted by Gasteiger charge is -2.12. The van der Waals surface area contributed by atoms with E-state index in [-0.39, 0.29) is 13.3 Å². The van der Waals surface area contributed by atoms with Crippen LogP contribution in [0, 0.1) is 0 Å². The summed E-state index contributed by atoms with van der Waals surface area (Å²) in [5.74, 6) is -0.531. The highest BCUT2D eigenvalue weighted by molar-refractivity contribution is 6.36. The SMILES string of the molecule is NCOC(=O)C=C1CN=C(c2ccccc2Cl)c2cc(Cl)ccc2N1. The third-order valence-corrected chi connectivity index (χ3v) is 4.15. The zero-order valence-electron chi connectivity index (χ0n) is 13.1. The normalized spacial score (nSPS) is 15.0. The molecule has 1 aliphatic rings. The average Bonchev–Trinajstić information content (AvgIpc) is 2.75. The Morgan fingerprint density at radius 3 is 2.80 bits per heavy atom. The van der Waals surface area contributed by atoms with E-state index in [1.807, 2.05) is 30.3 Å². The van der Waals surface area contributed by atoms with E-state index in [0.717, 1.165) is 16.8 Å². The van der Waals surface area contributed by atoms with Crippen molar-refractivity contribution in [1.29, 1.82) is 0 Å². The minimum atomic E-state index is -0.531. The Morgan fingerprint density at radius 2 is 2.04 bits per heavy atom. The lowest BCUT2D eigenvalue weighted by molar-refractivity contribution is -0.137. The first-order valence-corrected chi connectivity index (χ1v) is 8.28. The second-order valence-electron chi connectivity index (χ2n) is 5.26. The highest BCUT2D eigenvalue weighted by Crippen LogP contribution is 2.30. The van der Waals surface area contributed by atoms with E-state index in [1.165, 1.54) is 6.08 Å². The first-order valence-electron chi connectivity index (χ1n) is 7.52. The third kappa shape index (κ3) is 4.02. The number of nitrogens with two attached hydrogens (primary N) is 1. The van der Waals surface area contributed by atoms with Crippen LogP contribution < -0.4 is 11.1 Å². The molecule has 128 valence electrons. The second kappa shape index (κ2) is 7.70. The number of benzene rings is 2. The fourth-order valence-corrected chi connectivity index (χ4v) is 2.91. The molecule has 5 nitrogen and oxygen atoms in total. The number of halogens is 2. The van der Waals surface area contributed by atoms with E-state index in [9.17, 15) is 4.79 Å². The van der Waals surface area contributed by atoms with Gasteiger partial charge in [0.2, 0.25) is 0 Å². The fraction of sp³-hybridized carbons (Fsp3) is 0.111. The van der Waals surface area contributed by atoms with Crippen LogP contribution in [-0.4, -0.2) is 25.0 Å². The summed E-state index contributed by atoms with van der Waals surface area (Å²) in [6.45, 7) is 0.0788. The van der Waals surface area contributed by atoms with Gasteiger partial charge < -0.3 is 10.1 Å². The zero-order valence-corrected chi connectivity index (χ0v) is 14.6. The zero-order chi connectivity index (χ0) is 17.8. The first kappa shape index (κ1) is 17.5. The maximum Gasteiger partial charge on any atom is 0.333 e. The summed E-state index contributed by atoms with van der Waals surface area (Å²) < 4.78 is 4.75. The van der Waals surface area contributed by atoms with Crippen LogP contribution in [0.4, 0.5) is 5.69 Å². The van der Waals surface area contributed by atoms with Crippen LogP contribution in [0.2, 0.25) is 10.0 Å². The fourth-order valence-electron chi connectivity index (χ4n) is 2.51. The molecule has 0 saturated heterocycles. The van der Waals surface area contributed by atoms with E-state index >= 15 is 0 Å². The predicted octanol–water partition coefficient (Wildman–Crippen LogP) is 3.60. The first-order chi connectivity index (χ1) is 12.1. The van der Waals surface area contributed by atoms with Crippen molar-refractivity contribution in [3.8, 4) is 0 Å². The van der Waals surface area contributed by atoms with E-state index in [1.54, 1.807) is 12.1 Å². The standard InChI is InChI=1S/C18H15Cl2N3O2/c19-11-5-6-16-14(7-11)18(13-3-1-2-4-15(13)20)22-9-12(23-16)8-17(24)25-10-21/h1-8,23H,9-10,21H2. The molecule has 2 aromatic carbocycles. The Morgan fingerprint density at radius 1 is 1.24 bits per heavy atom. The van der Waals surface area contributed by atoms with Gasteiger partial charge in [-0.2, -0.15) is 0 Å². The molecule has 0 aromatic heterocycles. The van der Waals surface area contributed by atoms with E-state index < -0.39 is 5.97 Å². The van der Waals surface area contributed by atoms with E-state index in [2.05, 4.69) is 10.3 Å². The molecule has 0 fully saturated rings. The van der Waals surface area contributed by atoms with E-state index in [4.69, 9.17) is 33.7 Å². The number of nitrogens with one attached hydrogen (secondary N) is 1. The van der Waals surface area contributed by atoms with Crippen LogP contribution in [0.25, 0.3) is 0 Å². The number of hydrogen-bond acceptors (Lipinski definition) is 5. The molecule has 25 heavy (non-hydrogen) atoms. The molecular weight excluding hydrogens is 361 g/mol. The smallest absolute Gasteiger partial charge is 0.333 e. The molecule has 3 rings (SSSR count). The highest BCUT2D eigenvalue weighted by atomic mass is 35.5. The van der Waals surface area contributed by atoms with Crippen molar-refractivity contribution in [2.75, 3.05) is 18.6 Å². The molecule has 0 aliphatic carbocycles. The monoisotopic (exact) mass is 375 g/mol. The van der Waals surface area contributed by atoms with Gasteiger partial charge in [0.1, 0.15) is 6.73 Å². The Labute approximate surface area is 155 Å². The molecule has 0 atom stereocenters. The number of aliphatic imine (C=N–C) groups is 1. The summed E-state index contributed by atoms with van der Waals surface area (Å²) in [5.41, 5.74) is 8.88. The predicted molar refractivity (Wildman–Crippen MR) is 100 cm³/mol. The molecule has 0 amide bonds. The van der Waals surface area contributed by atoms with Crippen molar-refractivity contribution in [3.63, 3.8) is 0 Å². The number of rotatable bonds is 3. The number of nitrogens with zero attached hydrogens (tertiary/aromatic N) is 1. The molecule has 0 spiro atoms. The maximum atomic E-state index is 11.7. The molecule has 1 aliphatic heterocycles. The summed E-state index contributed by atoms with van der Waals surface area (Å²) in [6, 6.07) is 12.8. The van der Waals surface area contributed by atoms with Gasteiger partial charge >= 0.3 is 5.97 Å². The molecule has 0 saturated carbocycles. The summed E-state index contributed by atoms with van der Waals surface area (Å²) in [5, 5.41) is 4.36. The van der Waals surface area contributed by atoms with Crippen LogP contribution in [0.3, 0.4) is 0 Å². The van der Waals surface area contributed by atoms with Crippen LogP contribution in [0.5, 0.6) is 0 Å². The Balaban J connectivity index is 2.10. The number of ether oxygens (including phenoxy) is 1. The van der Waals surface area contributed by atoms with Crippen molar-refractivity contribution in [3.05, 3.63) is 75.4 Å². The largest absolute Gasteiger partial charge is 0.447 e. The van der Waals surface area contributed by atoms with Crippen LogP contribution >= 0.6 is 23.2 Å². The third-order valence-electron chi connectivity index (χ3n) is 3.59. The van der Waals surface area contributed by atoms with Crippen molar-refractivity contribution in [2.24, 2.45) is 10.7 Å². The van der Waals surface area contributed by atoms with Crippen LogP contribution in [0.15, 0.2) is 59.2 Å².